The second kappa shape index (κ2) is 15.3. The molecule has 0 aliphatic heterocycles. The number of methoxy groups -OCH3 is 1. The standard InChI is InChI=1S/C34H49NO3Si/c1-34(2,3)31(16-11-9-7-8-10-12-23-38-39(5)6)28-19-18-27-20-22-30(35-32(27)25-28)21-17-26-14-13-15-29(24-26)33(36)37-4/h13-15,18-20,22,24-25,31,39H,7-12,16-17,21,23H2,1-6H3. The highest BCUT2D eigenvalue weighted by Crippen LogP contribution is 2.40. The second-order valence-corrected chi connectivity index (χ2v) is 14.6. The maximum Gasteiger partial charge on any atom is 0.337 e. The number of nitrogens with zero attached hydrogens (tertiary/aromatic N) is 1. The van der Waals surface area contributed by atoms with Crippen LogP contribution in [0.3, 0.4) is 0 Å². The summed E-state index contributed by atoms with van der Waals surface area (Å²) in [5.41, 5.74) is 5.48. The molecular weight excluding hydrogens is 498 g/mol. The fourth-order valence-corrected chi connectivity index (χ4v) is 5.99. The van der Waals surface area contributed by atoms with Crippen LogP contribution in [0.4, 0.5) is 0 Å². The molecular formula is C34H49NO3Si. The zero-order valence-electron chi connectivity index (χ0n) is 25.1. The van der Waals surface area contributed by atoms with Crippen molar-refractivity contribution in [3.05, 3.63) is 77.0 Å². The van der Waals surface area contributed by atoms with E-state index in [1.807, 2.05) is 12.1 Å². The van der Waals surface area contributed by atoms with Crippen LogP contribution >= 0.6 is 0 Å². The number of unbranched alkanes of at least 4 members (excludes halogenated alkanes) is 5. The molecule has 39 heavy (non-hydrogen) atoms. The van der Waals surface area contributed by atoms with Crippen molar-refractivity contribution in [3.8, 4) is 0 Å². The minimum atomic E-state index is -0.859. The molecule has 1 heterocycles. The normalized spacial score (nSPS) is 12.7. The lowest BCUT2D eigenvalue weighted by Crippen LogP contribution is -2.18. The SMILES string of the molecule is COC(=O)c1cccc(CCc2ccc3ccc(C(CCCCCCCCO[SiH](C)C)C(C)(C)C)cc3n2)c1. The summed E-state index contributed by atoms with van der Waals surface area (Å²) >= 11 is 0. The van der Waals surface area contributed by atoms with Gasteiger partial charge in [0.25, 0.3) is 0 Å². The van der Waals surface area contributed by atoms with Gasteiger partial charge >= 0.3 is 5.97 Å². The van der Waals surface area contributed by atoms with Gasteiger partial charge in [-0.2, -0.15) is 0 Å². The van der Waals surface area contributed by atoms with E-state index in [1.54, 1.807) is 6.07 Å². The Labute approximate surface area is 238 Å². The minimum absolute atomic E-state index is 0.202. The van der Waals surface area contributed by atoms with Gasteiger partial charge in [0.15, 0.2) is 9.04 Å². The molecule has 3 rings (SSSR count). The van der Waals surface area contributed by atoms with Crippen LogP contribution in [0.1, 0.15) is 98.8 Å². The molecule has 0 N–H and O–H groups in total. The average Bonchev–Trinajstić information content (AvgIpc) is 2.91. The number of pyridine rings is 1. The van der Waals surface area contributed by atoms with E-state index >= 15 is 0 Å². The van der Waals surface area contributed by atoms with Crippen molar-refractivity contribution in [3.63, 3.8) is 0 Å². The van der Waals surface area contributed by atoms with E-state index in [1.165, 1.54) is 63.0 Å². The molecule has 0 aliphatic carbocycles. The van der Waals surface area contributed by atoms with Crippen LogP contribution in [0, 0.1) is 5.41 Å². The number of fused-ring (bicyclic) bond motifs is 1. The van der Waals surface area contributed by atoms with Crippen molar-refractivity contribution in [1.82, 2.24) is 4.98 Å². The summed E-state index contributed by atoms with van der Waals surface area (Å²) in [7, 11) is 0.558. The van der Waals surface area contributed by atoms with Crippen LogP contribution in [0.5, 0.6) is 0 Å². The predicted octanol–water partition coefficient (Wildman–Crippen LogP) is 8.67. The summed E-state index contributed by atoms with van der Waals surface area (Å²) in [6.45, 7) is 12.5. The number of carbonyl (C=O) groups is 1. The molecule has 0 bridgehead atoms. The Morgan fingerprint density at radius 1 is 0.897 bits per heavy atom. The van der Waals surface area contributed by atoms with Crippen LogP contribution in [0.25, 0.3) is 10.9 Å². The van der Waals surface area contributed by atoms with Crippen LogP contribution < -0.4 is 0 Å². The minimum Gasteiger partial charge on any atom is -0.465 e. The number of hydrogen-bond acceptors (Lipinski definition) is 4. The van der Waals surface area contributed by atoms with Crippen LogP contribution in [-0.2, 0) is 22.0 Å². The number of esters is 1. The van der Waals surface area contributed by atoms with Crippen LogP contribution in [-0.4, -0.2) is 33.7 Å². The lowest BCUT2D eigenvalue weighted by Gasteiger charge is -2.31. The number of benzene rings is 2. The molecule has 0 radical (unpaired) electrons. The van der Waals surface area contributed by atoms with Gasteiger partial charge in [0, 0.05) is 17.7 Å². The summed E-state index contributed by atoms with van der Waals surface area (Å²) in [4.78, 5) is 16.9. The maximum atomic E-state index is 11.9. The molecule has 3 aromatic rings. The van der Waals surface area contributed by atoms with E-state index in [0.29, 0.717) is 11.5 Å². The average molecular weight is 548 g/mol. The smallest absolute Gasteiger partial charge is 0.337 e. The molecule has 0 fully saturated rings. The van der Waals surface area contributed by atoms with Gasteiger partial charge in [-0.15, -0.1) is 0 Å². The molecule has 0 saturated heterocycles. The molecule has 1 atom stereocenters. The zero-order valence-corrected chi connectivity index (χ0v) is 26.2. The van der Waals surface area contributed by atoms with Crippen molar-refractivity contribution >= 4 is 25.9 Å². The van der Waals surface area contributed by atoms with Gasteiger partial charge in [-0.3, -0.25) is 4.98 Å². The molecule has 2 aromatic carbocycles. The first kappa shape index (κ1) is 31.0. The number of aryl methyl sites for hydroxylation is 2. The Morgan fingerprint density at radius 3 is 2.33 bits per heavy atom. The summed E-state index contributed by atoms with van der Waals surface area (Å²) < 4.78 is 10.7. The largest absolute Gasteiger partial charge is 0.465 e. The van der Waals surface area contributed by atoms with Crippen molar-refractivity contribution in [2.45, 2.75) is 97.6 Å². The van der Waals surface area contributed by atoms with Crippen molar-refractivity contribution in [2.24, 2.45) is 5.41 Å². The summed E-state index contributed by atoms with van der Waals surface area (Å²) in [6, 6.07) is 18.9. The number of aromatic nitrogens is 1. The number of carbonyl (C=O) groups excluding carboxylic acids is 1. The van der Waals surface area contributed by atoms with Gasteiger partial charge in [0.1, 0.15) is 0 Å². The fourth-order valence-electron chi connectivity index (χ4n) is 5.35. The van der Waals surface area contributed by atoms with Crippen molar-refractivity contribution < 1.29 is 14.0 Å². The highest BCUT2D eigenvalue weighted by molar-refractivity contribution is 6.48. The summed E-state index contributed by atoms with van der Waals surface area (Å²) in [5.74, 6) is 0.216. The van der Waals surface area contributed by atoms with E-state index in [2.05, 4.69) is 70.3 Å². The third kappa shape index (κ3) is 10.2. The molecule has 4 nitrogen and oxygen atoms in total. The molecule has 0 saturated carbocycles. The zero-order chi connectivity index (χ0) is 28.3. The van der Waals surface area contributed by atoms with Gasteiger partial charge in [0.05, 0.1) is 18.2 Å². The first-order chi connectivity index (χ1) is 18.7. The van der Waals surface area contributed by atoms with Gasteiger partial charge in [0.2, 0.25) is 0 Å². The number of rotatable bonds is 15. The highest BCUT2D eigenvalue weighted by atomic mass is 28.3. The predicted molar refractivity (Wildman–Crippen MR) is 166 cm³/mol. The number of ether oxygens (including phenoxy) is 1. The third-order valence-electron chi connectivity index (χ3n) is 7.58. The van der Waals surface area contributed by atoms with Crippen LogP contribution in [0.15, 0.2) is 54.6 Å². The van der Waals surface area contributed by atoms with Crippen molar-refractivity contribution in [2.75, 3.05) is 13.7 Å². The lowest BCUT2D eigenvalue weighted by molar-refractivity contribution is 0.0600. The highest BCUT2D eigenvalue weighted by Gasteiger charge is 2.26. The molecule has 0 amide bonds. The van der Waals surface area contributed by atoms with E-state index in [-0.39, 0.29) is 11.4 Å². The maximum absolute atomic E-state index is 11.9. The van der Waals surface area contributed by atoms with E-state index in [0.717, 1.165) is 36.2 Å². The molecule has 1 aromatic heterocycles. The molecule has 1 unspecified atom stereocenters. The fraction of sp³-hybridized carbons (Fsp3) is 0.529. The number of hydrogen-bond donors (Lipinski definition) is 0. The summed E-state index contributed by atoms with van der Waals surface area (Å²) in [5, 5.41) is 1.19. The van der Waals surface area contributed by atoms with Gasteiger partial charge in [-0.05, 0) is 85.5 Å². The van der Waals surface area contributed by atoms with Gasteiger partial charge in [-0.1, -0.05) is 83.2 Å². The molecule has 0 aliphatic rings. The molecule has 5 heteroatoms. The monoisotopic (exact) mass is 547 g/mol. The van der Waals surface area contributed by atoms with E-state index in [4.69, 9.17) is 14.1 Å². The Bertz CT molecular complexity index is 1180. The first-order valence-electron chi connectivity index (χ1n) is 14.9. The topological polar surface area (TPSA) is 48.4 Å². The lowest BCUT2D eigenvalue weighted by atomic mass is 9.73. The first-order valence-corrected chi connectivity index (χ1v) is 17.6. The second-order valence-electron chi connectivity index (χ2n) is 12.2. The Morgan fingerprint density at radius 2 is 1.62 bits per heavy atom. The third-order valence-corrected chi connectivity index (χ3v) is 8.48. The van der Waals surface area contributed by atoms with E-state index in [9.17, 15) is 4.79 Å². The Hall–Kier alpha value is -2.50. The van der Waals surface area contributed by atoms with E-state index < -0.39 is 9.04 Å². The van der Waals surface area contributed by atoms with Crippen LogP contribution in [0.2, 0.25) is 13.1 Å². The molecule has 212 valence electrons. The summed E-state index contributed by atoms with van der Waals surface area (Å²) in [6.07, 6.45) is 10.6. The Balaban J connectivity index is 1.59. The van der Waals surface area contributed by atoms with Gasteiger partial charge in [-0.25, -0.2) is 4.79 Å². The van der Waals surface area contributed by atoms with Gasteiger partial charge < -0.3 is 9.16 Å². The Kier molecular flexibility index (Phi) is 12.2. The van der Waals surface area contributed by atoms with Crippen molar-refractivity contribution in [1.29, 1.82) is 0 Å². The quantitative estimate of drug-likeness (QED) is 0.108. The molecule has 0 spiro atoms.